The third-order valence-corrected chi connectivity index (χ3v) is 12.2. The van der Waals surface area contributed by atoms with Gasteiger partial charge in [-0.1, -0.05) is 204 Å². The number of phosphoric acid groups is 1. The van der Waals surface area contributed by atoms with Gasteiger partial charge >= 0.3 is 0 Å². The lowest BCUT2D eigenvalue weighted by molar-refractivity contribution is -0.870. The highest BCUT2D eigenvalue weighted by molar-refractivity contribution is 7.45. The Hall–Kier alpha value is -1.54. The average molecular weight is 879 g/mol. The van der Waals surface area contributed by atoms with Crippen molar-refractivity contribution in [2.45, 2.75) is 238 Å². The first-order chi connectivity index (χ1) is 29.5. The molecule has 0 heterocycles. The number of nitrogens with zero attached hydrogens (tertiary/aromatic N) is 1. The number of unbranched alkanes of at least 4 members (excludes halogenated alkanes) is 27. The maximum absolute atomic E-state index is 12.9. The molecule has 3 atom stereocenters. The molecule has 358 valence electrons. The van der Waals surface area contributed by atoms with Crippen LogP contribution >= 0.6 is 7.82 Å². The number of carbonyl (C=O) groups excluding carboxylic acids is 1. The van der Waals surface area contributed by atoms with E-state index in [1.54, 1.807) is 6.08 Å². The number of likely N-dealkylation sites (N-methyl/N-ethyl adjacent to an activating group) is 1. The van der Waals surface area contributed by atoms with Gasteiger partial charge in [0, 0.05) is 6.42 Å². The molecule has 0 radical (unpaired) electrons. The summed E-state index contributed by atoms with van der Waals surface area (Å²) in [6, 6.07) is -0.904. The number of amides is 1. The maximum atomic E-state index is 12.9. The van der Waals surface area contributed by atoms with Crippen molar-refractivity contribution >= 4 is 13.7 Å². The summed E-state index contributed by atoms with van der Waals surface area (Å²) in [7, 11) is 1.24. The first-order valence-electron chi connectivity index (χ1n) is 25.5. The Morgan fingerprint density at radius 2 is 0.967 bits per heavy atom. The van der Waals surface area contributed by atoms with E-state index in [9.17, 15) is 19.4 Å². The Morgan fingerprint density at radius 1 is 0.574 bits per heavy atom. The largest absolute Gasteiger partial charge is 0.756 e. The second kappa shape index (κ2) is 43.7. The predicted molar refractivity (Wildman–Crippen MR) is 261 cm³/mol. The van der Waals surface area contributed by atoms with Crippen molar-refractivity contribution in [1.29, 1.82) is 0 Å². The van der Waals surface area contributed by atoms with Gasteiger partial charge in [0.1, 0.15) is 13.2 Å². The second-order valence-corrected chi connectivity index (χ2v) is 19.9. The summed E-state index contributed by atoms with van der Waals surface area (Å²) in [5.74, 6) is -0.210. The van der Waals surface area contributed by atoms with Gasteiger partial charge in [0.25, 0.3) is 7.82 Å². The molecule has 2 N–H and O–H groups in total. The van der Waals surface area contributed by atoms with Gasteiger partial charge < -0.3 is 28.8 Å². The van der Waals surface area contributed by atoms with Crippen LogP contribution in [0, 0.1) is 0 Å². The lowest BCUT2D eigenvalue weighted by Gasteiger charge is -2.29. The Morgan fingerprint density at radius 3 is 1.43 bits per heavy atom. The van der Waals surface area contributed by atoms with Crippen molar-refractivity contribution in [1.82, 2.24) is 5.32 Å². The minimum Gasteiger partial charge on any atom is -0.756 e. The number of phosphoric ester groups is 1. The average Bonchev–Trinajstić information content (AvgIpc) is 3.21. The first-order valence-corrected chi connectivity index (χ1v) is 27.0. The van der Waals surface area contributed by atoms with Gasteiger partial charge in [0.05, 0.1) is 39.9 Å². The van der Waals surface area contributed by atoms with Crippen LogP contribution < -0.4 is 10.2 Å². The lowest BCUT2D eigenvalue weighted by Crippen LogP contribution is -2.45. The van der Waals surface area contributed by atoms with Gasteiger partial charge in [0.15, 0.2) is 0 Å². The normalized spacial score (nSPS) is 14.5. The Labute approximate surface area is 378 Å². The number of carbonyl (C=O) groups is 1. The van der Waals surface area contributed by atoms with Crippen LogP contribution in [0.5, 0.6) is 0 Å². The third-order valence-electron chi connectivity index (χ3n) is 11.3. The summed E-state index contributed by atoms with van der Waals surface area (Å²) >= 11 is 0. The first kappa shape index (κ1) is 59.5. The summed E-state index contributed by atoms with van der Waals surface area (Å²) in [6.45, 7) is 4.62. The fraction of sp³-hybridized carbons (Fsp3) is 0.827. The van der Waals surface area contributed by atoms with Crippen molar-refractivity contribution in [3.05, 3.63) is 48.6 Å². The number of allylic oxidation sites excluding steroid dienone is 7. The number of rotatable bonds is 46. The van der Waals surface area contributed by atoms with E-state index < -0.39 is 26.6 Å². The Bertz CT molecular complexity index is 1130. The molecule has 0 rings (SSSR count). The molecule has 9 heteroatoms. The third kappa shape index (κ3) is 46.3. The van der Waals surface area contributed by atoms with Gasteiger partial charge in [0.2, 0.25) is 5.91 Å². The smallest absolute Gasteiger partial charge is 0.268 e. The summed E-state index contributed by atoms with van der Waals surface area (Å²) in [6.07, 6.45) is 55.9. The van der Waals surface area contributed by atoms with Crippen molar-refractivity contribution in [2.24, 2.45) is 0 Å². The summed E-state index contributed by atoms with van der Waals surface area (Å²) in [5, 5.41) is 13.8. The van der Waals surface area contributed by atoms with Gasteiger partial charge in [-0.05, 0) is 64.2 Å². The number of aliphatic hydroxyl groups is 1. The van der Waals surface area contributed by atoms with E-state index in [2.05, 4.69) is 55.6 Å². The van der Waals surface area contributed by atoms with Crippen LogP contribution in [0.1, 0.15) is 226 Å². The standard InChI is InChI=1S/C52H99N2O6P/c1-6-8-10-12-14-16-18-20-22-24-25-26-27-28-29-30-32-34-36-38-40-42-44-46-52(56)53-50(49-60-61(57,58)59-48-47-54(3,4)5)51(55)45-43-41-39-37-35-33-31-23-21-19-17-15-13-11-9-7-2/h18,20,24-25,35,37,43,45,50-51,55H,6-17,19,21-23,26-34,36,38-42,44,46-49H2,1-5H3,(H-,53,56,57,58)/b20-18-,25-24-,37-35+,45-43+. The molecule has 8 nitrogen and oxygen atoms in total. The van der Waals surface area contributed by atoms with E-state index in [4.69, 9.17) is 9.05 Å². The van der Waals surface area contributed by atoms with Gasteiger partial charge in [-0.15, -0.1) is 0 Å². The van der Waals surface area contributed by atoms with E-state index in [0.717, 1.165) is 44.9 Å². The number of hydrogen-bond acceptors (Lipinski definition) is 6. The van der Waals surface area contributed by atoms with Crippen LogP contribution in [0.3, 0.4) is 0 Å². The molecule has 0 aromatic carbocycles. The molecule has 1 amide bonds. The fourth-order valence-corrected chi connectivity index (χ4v) is 7.92. The Balaban J connectivity index is 4.32. The molecule has 0 aromatic heterocycles. The van der Waals surface area contributed by atoms with Crippen LogP contribution in [0.25, 0.3) is 0 Å². The van der Waals surface area contributed by atoms with Crippen LogP contribution in [0.15, 0.2) is 48.6 Å². The number of nitrogens with one attached hydrogen (secondary N) is 1. The molecule has 0 spiro atoms. The molecule has 0 aliphatic heterocycles. The maximum Gasteiger partial charge on any atom is 0.268 e. The van der Waals surface area contributed by atoms with Crippen molar-refractivity contribution in [2.75, 3.05) is 40.9 Å². The highest BCUT2D eigenvalue weighted by Gasteiger charge is 2.23. The monoisotopic (exact) mass is 879 g/mol. The minimum atomic E-state index is -4.60. The predicted octanol–water partition coefficient (Wildman–Crippen LogP) is 14.2. The van der Waals surface area contributed by atoms with E-state index >= 15 is 0 Å². The lowest BCUT2D eigenvalue weighted by atomic mass is 10.0. The van der Waals surface area contributed by atoms with Gasteiger partial charge in [-0.2, -0.15) is 0 Å². The van der Waals surface area contributed by atoms with Crippen LogP contribution in [0.4, 0.5) is 0 Å². The summed E-state index contributed by atoms with van der Waals surface area (Å²) in [5.41, 5.74) is 0. The Kier molecular flexibility index (Phi) is 42.6. The van der Waals surface area contributed by atoms with Crippen LogP contribution in [-0.4, -0.2) is 68.5 Å². The zero-order valence-corrected chi connectivity index (χ0v) is 41.5. The fourth-order valence-electron chi connectivity index (χ4n) is 7.20. The van der Waals surface area contributed by atoms with Crippen LogP contribution in [0.2, 0.25) is 0 Å². The second-order valence-electron chi connectivity index (χ2n) is 18.5. The van der Waals surface area contributed by atoms with E-state index in [1.807, 2.05) is 27.2 Å². The minimum absolute atomic E-state index is 0.00748. The highest BCUT2D eigenvalue weighted by Crippen LogP contribution is 2.38. The topological polar surface area (TPSA) is 108 Å². The van der Waals surface area contributed by atoms with Crippen molar-refractivity contribution in [3.8, 4) is 0 Å². The highest BCUT2D eigenvalue weighted by atomic mass is 31.2. The SMILES string of the molecule is CCCCCCC/C=C\C/C=C\CCCCCCCCCCCCCC(=O)NC(COP(=O)([O-])OCC[N+](C)(C)C)C(O)/C=C/CC/C=C/CCCCCCCCCCCC. The van der Waals surface area contributed by atoms with Crippen LogP contribution in [-0.2, 0) is 18.4 Å². The molecule has 0 aliphatic carbocycles. The summed E-state index contributed by atoms with van der Waals surface area (Å²) in [4.78, 5) is 25.4. The molecular formula is C52H99N2O6P. The molecule has 0 saturated heterocycles. The number of hydrogen-bond donors (Lipinski definition) is 2. The van der Waals surface area contributed by atoms with Crippen molar-refractivity contribution < 1.29 is 32.9 Å². The molecule has 3 unspecified atom stereocenters. The molecule has 0 fully saturated rings. The number of quaternary nitrogens is 1. The molecular weight excluding hydrogens is 780 g/mol. The summed E-state index contributed by atoms with van der Waals surface area (Å²) < 4.78 is 23.2. The van der Waals surface area contributed by atoms with Crippen molar-refractivity contribution in [3.63, 3.8) is 0 Å². The van der Waals surface area contributed by atoms with Gasteiger partial charge in [-0.3, -0.25) is 9.36 Å². The molecule has 0 aliphatic rings. The zero-order chi connectivity index (χ0) is 45.0. The van der Waals surface area contributed by atoms with E-state index in [1.165, 1.54) is 161 Å². The zero-order valence-electron chi connectivity index (χ0n) is 40.6. The molecule has 0 aromatic rings. The number of aliphatic hydroxyl groups excluding tert-OH is 1. The quantitative estimate of drug-likeness (QED) is 0.0273. The molecule has 0 saturated carbocycles. The van der Waals surface area contributed by atoms with E-state index in [-0.39, 0.29) is 12.5 Å². The molecule has 61 heavy (non-hydrogen) atoms. The molecule has 0 bridgehead atoms. The van der Waals surface area contributed by atoms with Gasteiger partial charge in [-0.25, -0.2) is 0 Å². The van der Waals surface area contributed by atoms with E-state index in [0.29, 0.717) is 17.4 Å².